The molecule has 0 radical (unpaired) electrons. The summed E-state index contributed by atoms with van der Waals surface area (Å²) in [5.41, 5.74) is 2.54. The number of nitrogens with zero attached hydrogens (tertiary/aromatic N) is 3. The van der Waals surface area contributed by atoms with Crippen molar-refractivity contribution >= 4 is 22.7 Å². The van der Waals surface area contributed by atoms with Crippen molar-refractivity contribution in [3.8, 4) is 5.75 Å². The summed E-state index contributed by atoms with van der Waals surface area (Å²) in [6.07, 6.45) is 0. The minimum absolute atomic E-state index is 0.475. The molecule has 27 heavy (non-hydrogen) atoms. The Kier molecular flexibility index (Phi) is 4.83. The van der Waals surface area contributed by atoms with E-state index in [2.05, 4.69) is 10.3 Å². The quantitative estimate of drug-likeness (QED) is 0.464. The van der Waals surface area contributed by atoms with E-state index in [9.17, 15) is 0 Å². The molecule has 0 aliphatic heterocycles. The van der Waals surface area contributed by atoms with Crippen molar-refractivity contribution in [2.75, 3.05) is 6.61 Å². The van der Waals surface area contributed by atoms with Gasteiger partial charge in [0.25, 0.3) is 5.88 Å². The predicted molar refractivity (Wildman–Crippen MR) is 106 cm³/mol. The van der Waals surface area contributed by atoms with Crippen LogP contribution in [0.5, 0.6) is 5.75 Å². The third-order valence-electron chi connectivity index (χ3n) is 4.02. The van der Waals surface area contributed by atoms with E-state index in [1.807, 2.05) is 91.9 Å². The Morgan fingerprint density at radius 3 is 2.26 bits per heavy atom. The summed E-state index contributed by atoms with van der Waals surface area (Å²) in [4.78, 5) is 0. The van der Waals surface area contributed by atoms with E-state index >= 15 is 0 Å². The molecule has 0 amide bonds. The summed E-state index contributed by atoms with van der Waals surface area (Å²) < 4.78 is 13.9. The van der Waals surface area contributed by atoms with E-state index in [0.29, 0.717) is 24.0 Å². The van der Waals surface area contributed by atoms with Crippen LogP contribution in [0.15, 0.2) is 84.9 Å². The normalized spacial score (nSPS) is 11.9. The highest BCUT2D eigenvalue weighted by Gasteiger charge is 2.19. The molecule has 5 heteroatoms. The van der Waals surface area contributed by atoms with Crippen LogP contribution in [0.1, 0.15) is 12.5 Å². The van der Waals surface area contributed by atoms with Gasteiger partial charge in [-0.3, -0.25) is 0 Å². The lowest BCUT2D eigenvalue weighted by Crippen LogP contribution is -2.11. The van der Waals surface area contributed by atoms with Crippen molar-refractivity contribution in [1.29, 1.82) is 0 Å². The third-order valence-corrected chi connectivity index (χ3v) is 4.02. The highest BCUT2D eigenvalue weighted by atomic mass is 16.5. The number of benzene rings is 3. The van der Waals surface area contributed by atoms with Gasteiger partial charge in [-0.05, 0) is 31.2 Å². The van der Waals surface area contributed by atoms with Crippen LogP contribution >= 0.6 is 0 Å². The lowest BCUT2D eigenvalue weighted by atomic mass is 10.2. The number of aromatic nitrogens is 3. The summed E-state index contributed by atoms with van der Waals surface area (Å²) in [6, 6.07) is 27.2. The molecular weight excluding hydrogens is 338 g/mol. The second-order valence-corrected chi connectivity index (χ2v) is 5.84. The molecule has 0 aliphatic rings. The van der Waals surface area contributed by atoms with Gasteiger partial charge >= 0.3 is 0 Å². The Balaban J connectivity index is 1.94. The van der Waals surface area contributed by atoms with Gasteiger partial charge in [0.15, 0.2) is 5.76 Å². The van der Waals surface area contributed by atoms with Gasteiger partial charge in [-0.15, -0.1) is 5.10 Å². The molecule has 0 bridgehead atoms. The van der Waals surface area contributed by atoms with Gasteiger partial charge in [0.05, 0.1) is 12.1 Å². The molecule has 0 atom stereocenters. The number of hydrogen-bond donors (Lipinski definition) is 0. The molecule has 0 fully saturated rings. The van der Waals surface area contributed by atoms with Gasteiger partial charge in [0.1, 0.15) is 11.3 Å². The maximum absolute atomic E-state index is 6.25. The van der Waals surface area contributed by atoms with Gasteiger partial charge in [0, 0.05) is 5.56 Å². The van der Waals surface area contributed by atoms with Crippen molar-refractivity contribution in [1.82, 2.24) is 15.0 Å². The number of fused-ring (bicyclic) bond motifs is 1. The Morgan fingerprint density at radius 1 is 0.852 bits per heavy atom. The largest absolute Gasteiger partial charge is 0.488 e. The molecule has 0 aliphatic carbocycles. The number of rotatable bonds is 6. The molecule has 1 heterocycles. The topological polar surface area (TPSA) is 49.2 Å². The maximum atomic E-state index is 6.25. The monoisotopic (exact) mass is 357 g/mol. The van der Waals surface area contributed by atoms with Crippen LogP contribution < -0.4 is 4.74 Å². The third kappa shape index (κ3) is 3.53. The first-order valence-corrected chi connectivity index (χ1v) is 8.83. The minimum atomic E-state index is 0.475. The maximum Gasteiger partial charge on any atom is 0.266 e. The zero-order valence-corrected chi connectivity index (χ0v) is 14.9. The molecule has 134 valence electrons. The molecule has 3 aromatic carbocycles. The fraction of sp³-hybridized carbons (Fsp3) is 0.0909. The van der Waals surface area contributed by atoms with Crippen molar-refractivity contribution < 1.29 is 9.47 Å². The first-order chi connectivity index (χ1) is 13.4. The van der Waals surface area contributed by atoms with Gasteiger partial charge in [-0.1, -0.05) is 65.9 Å². The van der Waals surface area contributed by atoms with Crippen LogP contribution in [0.3, 0.4) is 0 Å². The fourth-order valence-electron chi connectivity index (χ4n) is 2.81. The van der Waals surface area contributed by atoms with Crippen molar-refractivity contribution in [2.45, 2.75) is 6.92 Å². The molecule has 0 saturated carbocycles. The van der Waals surface area contributed by atoms with E-state index in [-0.39, 0.29) is 0 Å². The van der Waals surface area contributed by atoms with E-state index < -0.39 is 0 Å². The highest BCUT2D eigenvalue weighted by Crippen LogP contribution is 2.28. The van der Waals surface area contributed by atoms with E-state index in [4.69, 9.17) is 9.47 Å². The van der Waals surface area contributed by atoms with Gasteiger partial charge in [0.2, 0.25) is 0 Å². The number of hydrogen-bond acceptors (Lipinski definition) is 4. The van der Waals surface area contributed by atoms with Crippen molar-refractivity contribution in [3.05, 3.63) is 90.5 Å². The van der Waals surface area contributed by atoms with Crippen molar-refractivity contribution in [3.63, 3.8) is 0 Å². The summed E-state index contributed by atoms with van der Waals surface area (Å²) in [6.45, 7) is 2.45. The minimum Gasteiger partial charge on any atom is -0.488 e. The van der Waals surface area contributed by atoms with Gasteiger partial charge in [-0.2, -0.15) is 4.68 Å². The first kappa shape index (κ1) is 16.8. The Hall–Kier alpha value is -3.60. The molecular formula is C22H19N3O2. The average molecular weight is 357 g/mol. The van der Waals surface area contributed by atoms with Crippen LogP contribution in [0, 0.1) is 0 Å². The molecule has 0 unspecified atom stereocenters. The average Bonchev–Trinajstić information content (AvgIpc) is 3.16. The molecule has 0 saturated heterocycles. The molecule has 5 nitrogen and oxygen atoms in total. The Bertz CT molecular complexity index is 1060. The molecule has 1 aromatic heterocycles. The fourth-order valence-corrected chi connectivity index (χ4v) is 2.81. The molecule has 4 rings (SSSR count). The molecule has 0 N–H and O–H groups in total. The molecule has 4 aromatic rings. The van der Waals surface area contributed by atoms with Crippen LogP contribution in [0.4, 0.5) is 0 Å². The number of para-hydroxylation sites is 2. The van der Waals surface area contributed by atoms with Gasteiger partial charge in [-0.25, -0.2) is 0 Å². The molecule has 0 spiro atoms. The summed E-state index contributed by atoms with van der Waals surface area (Å²) in [5.74, 6) is 1.78. The van der Waals surface area contributed by atoms with Crippen LogP contribution in [0.25, 0.3) is 22.7 Å². The van der Waals surface area contributed by atoms with Crippen LogP contribution in [-0.4, -0.2) is 21.6 Å². The summed E-state index contributed by atoms with van der Waals surface area (Å²) >= 11 is 0. The highest BCUT2D eigenvalue weighted by molar-refractivity contribution is 5.83. The second kappa shape index (κ2) is 7.74. The van der Waals surface area contributed by atoms with Crippen molar-refractivity contribution in [2.24, 2.45) is 0 Å². The second-order valence-electron chi connectivity index (χ2n) is 5.84. The number of ether oxygens (including phenoxy) is 2. The van der Waals surface area contributed by atoms with E-state index in [1.54, 1.807) is 4.68 Å². The first-order valence-electron chi connectivity index (χ1n) is 8.83. The summed E-state index contributed by atoms with van der Waals surface area (Å²) in [5, 5.41) is 8.58. The summed E-state index contributed by atoms with van der Waals surface area (Å²) in [7, 11) is 0. The standard InChI is InChI=1S/C22H19N3O2/c1-2-26-21(17-11-5-3-6-12-17)22(27-18-13-7-4-8-14-18)25-20-16-10-9-15-19(20)23-24-25/h3-16H,2H2,1H3. The van der Waals surface area contributed by atoms with E-state index in [1.165, 1.54) is 0 Å². The Labute approximate surface area is 157 Å². The smallest absolute Gasteiger partial charge is 0.266 e. The Morgan fingerprint density at radius 2 is 1.52 bits per heavy atom. The van der Waals surface area contributed by atoms with Gasteiger partial charge < -0.3 is 9.47 Å². The lowest BCUT2D eigenvalue weighted by molar-refractivity contribution is 0.288. The van der Waals surface area contributed by atoms with Crippen LogP contribution in [-0.2, 0) is 4.74 Å². The SMILES string of the molecule is CCOC(=C(Oc1ccccc1)n1nnc2ccccc21)c1ccccc1. The zero-order valence-electron chi connectivity index (χ0n) is 14.9. The predicted octanol–water partition coefficient (Wildman–Crippen LogP) is 4.83. The zero-order chi connectivity index (χ0) is 18.5. The van der Waals surface area contributed by atoms with E-state index in [0.717, 1.165) is 16.6 Å². The van der Waals surface area contributed by atoms with Crippen LogP contribution in [0.2, 0.25) is 0 Å². The lowest BCUT2D eigenvalue weighted by Gasteiger charge is -2.17.